The number of halogens is 1. The van der Waals surface area contributed by atoms with Gasteiger partial charge in [0.05, 0.1) is 0 Å². The largest absolute Gasteiger partial charge is 0.693 e. The van der Waals surface area contributed by atoms with E-state index in [9.17, 15) is 0 Å². The fourth-order valence-electron chi connectivity index (χ4n) is 0. The molecule has 0 aromatic rings. The minimum Gasteiger partial charge on any atom is -0.693 e. The van der Waals surface area contributed by atoms with Gasteiger partial charge in [-0.25, -0.2) is 0 Å². The van der Waals surface area contributed by atoms with Crippen molar-refractivity contribution in [2.45, 2.75) is 0 Å². The molecule has 0 aromatic heterocycles. The van der Waals surface area contributed by atoms with Crippen LogP contribution in [-0.4, -0.2) is 0 Å². The Kier molecular flexibility index (Phi) is 12800. The molecule has 0 spiro atoms. The predicted octanol–water partition coefficient (Wildman–Crippen LogP) is 3.29. The van der Waals surface area contributed by atoms with Crippen LogP contribution in [-0.2, 0) is 20.4 Å². The van der Waals surface area contributed by atoms with Crippen LogP contribution in [0.15, 0.2) is 0 Å². The van der Waals surface area contributed by atoms with Crippen LogP contribution in [0.25, 0.3) is 24.6 Å². The second kappa shape index (κ2) is 212. The molecule has 0 fully saturated rings. The predicted molar refractivity (Wildman–Crippen MR) is 28.4 cm³/mol. The molecule has 0 unspecified atom stereocenters. The van der Waals surface area contributed by atoms with Crippen LogP contribution in [0, 0.1) is 0 Å². The molecule has 0 saturated carbocycles. The fourth-order valence-corrected chi connectivity index (χ4v) is 0. The summed E-state index contributed by atoms with van der Waals surface area (Å²) in [5.74, 6) is 0. The Morgan fingerprint density at radius 2 is 0.500 bits per heavy atom. The zero-order chi connectivity index (χ0) is 0. The van der Waals surface area contributed by atoms with Gasteiger partial charge in [0, 0.05) is 20.4 Å². The standard InChI is InChI=1S/ClH.4H2N.Pd/h1H;4*1H2;/q;4*-1;. The average Bonchev–Trinajstić information content (AvgIpc) is 0. The molecule has 0 saturated heterocycles. The van der Waals surface area contributed by atoms with Crippen LogP contribution in [0.5, 0.6) is 0 Å². The molecule has 0 aliphatic heterocycles. The van der Waals surface area contributed by atoms with Gasteiger partial charge in [0.25, 0.3) is 0 Å². The SMILES string of the molecule is Cl.[NH2-].[NH2-].[NH2-].[NH2-].[Pd]. The van der Waals surface area contributed by atoms with Crippen molar-refractivity contribution in [1.82, 2.24) is 0 Å². The van der Waals surface area contributed by atoms with Crippen LogP contribution >= 0.6 is 12.4 Å². The van der Waals surface area contributed by atoms with E-state index in [2.05, 4.69) is 0 Å². The zero-order valence-corrected chi connectivity index (χ0v) is 5.40. The normalized spacial score (nSPS) is 0. The van der Waals surface area contributed by atoms with Crippen LogP contribution < -0.4 is 0 Å². The van der Waals surface area contributed by atoms with Gasteiger partial charge in [0.2, 0.25) is 0 Å². The van der Waals surface area contributed by atoms with E-state index in [1.807, 2.05) is 0 Å². The Hall–Kier alpha value is 0.792. The summed E-state index contributed by atoms with van der Waals surface area (Å²) in [6.07, 6.45) is 0. The summed E-state index contributed by atoms with van der Waals surface area (Å²) >= 11 is 0. The number of rotatable bonds is 0. The first-order valence-corrected chi connectivity index (χ1v) is 0. The minimum atomic E-state index is 0. The topological polar surface area (TPSA) is 134 Å². The van der Waals surface area contributed by atoms with Gasteiger partial charge in [0.1, 0.15) is 0 Å². The second-order valence-electron chi connectivity index (χ2n) is 0. The smallest absolute Gasteiger partial charge is 0 e. The molecule has 4 nitrogen and oxygen atoms in total. The molecule has 6 heavy (non-hydrogen) atoms. The molecule has 0 rings (SSSR count). The third kappa shape index (κ3) is 110. The Bertz CT molecular complexity index is 7.51. The molecule has 8 N–H and O–H groups in total. The maximum Gasteiger partial charge on any atom is 0 e. The number of hydrogen-bond donors (Lipinski definition) is 0. The van der Waals surface area contributed by atoms with Crippen LogP contribution in [0.2, 0.25) is 0 Å². The van der Waals surface area contributed by atoms with Crippen LogP contribution in [0.3, 0.4) is 0 Å². The Labute approximate surface area is 57.8 Å². The maximum atomic E-state index is 0. The molecule has 0 heterocycles. The van der Waals surface area contributed by atoms with Gasteiger partial charge in [-0.05, 0) is 0 Å². The average molecular weight is 207 g/mol. The zero-order valence-electron chi connectivity index (χ0n) is 3.03. The van der Waals surface area contributed by atoms with E-state index in [0.29, 0.717) is 0 Å². The van der Waals surface area contributed by atoms with Crippen molar-refractivity contribution in [2.75, 3.05) is 0 Å². The van der Waals surface area contributed by atoms with E-state index in [0.717, 1.165) is 0 Å². The first kappa shape index (κ1) is 363. The summed E-state index contributed by atoms with van der Waals surface area (Å²) in [4.78, 5) is 0. The molecular weight excluding hydrogens is 198 g/mol. The van der Waals surface area contributed by atoms with Crippen molar-refractivity contribution in [1.29, 1.82) is 0 Å². The van der Waals surface area contributed by atoms with Gasteiger partial charge < -0.3 is 24.6 Å². The van der Waals surface area contributed by atoms with Gasteiger partial charge in [-0.1, -0.05) is 0 Å². The van der Waals surface area contributed by atoms with E-state index < -0.39 is 0 Å². The van der Waals surface area contributed by atoms with Crippen molar-refractivity contribution >= 4 is 12.4 Å². The summed E-state index contributed by atoms with van der Waals surface area (Å²) in [5.41, 5.74) is 0. The quantitative estimate of drug-likeness (QED) is 0.538. The third-order valence-corrected chi connectivity index (χ3v) is 0. The summed E-state index contributed by atoms with van der Waals surface area (Å²) in [6.45, 7) is 0. The summed E-state index contributed by atoms with van der Waals surface area (Å²) < 4.78 is 0. The van der Waals surface area contributed by atoms with E-state index in [-0.39, 0.29) is 57.4 Å². The molecule has 0 aromatic carbocycles. The Morgan fingerprint density at radius 1 is 0.500 bits per heavy atom. The van der Waals surface area contributed by atoms with E-state index in [1.54, 1.807) is 0 Å². The second-order valence-corrected chi connectivity index (χ2v) is 0. The summed E-state index contributed by atoms with van der Waals surface area (Å²) in [5, 5.41) is 0. The molecule has 50 valence electrons. The summed E-state index contributed by atoms with van der Waals surface area (Å²) in [7, 11) is 0. The van der Waals surface area contributed by atoms with Crippen LogP contribution in [0.4, 0.5) is 0 Å². The fraction of sp³-hybridized carbons (Fsp3) is 0. The third-order valence-electron chi connectivity index (χ3n) is 0. The van der Waals surface area contributed by atoms with Crippen LogP contribution in [0.1, 0.15) is 0 Å². The monoisotopic (exact) mass is 206 g/mol. The van der Waals surface area contributed by atoms with E-state index in [1.165, 1.54) is 0 Å². The molecule has 0 aliphatic rings. The van der Waals surface area contributed by atoms with Crippen molar-refractivity contribution < 1.29 is 20.4 Å². The van der Waals surface area contributed by atoms with Gasteiger partial charge in [-0.3, -0.25) is 0 Å². The first-order valence-electron chi connectivity index (χ1n) is 0. The van der Waals surface area contributed by atoms with Crippen molar-refractivity contribution in [3.05, 3.63) is 24.6 Å². The van der Waals surface area contributed by atoms with E-state index >= 15 is 0 Å². The molecule has 0 bridgehead atoms. The minimum absolute atomic E-state index is 0. The van der Waals surface area contributed by atoms with Gasteiger partial charge in [-0.2, -0.15) is 0 Å². The summed E-state index contributed by atoms with van der Waals surface area (Å²) in [6, 6.07) is 0. The van der Waals surface area contributed by atoms with E-state index in [4.69, 9.17) is 0 Å². The Balaban J connectivity index is 0. The van der Waals surface area contributed by atoms with Gasteiger partial charge >= 0.3 is 0 Å². The van der Waals surface area contributed by atoms with Gasteiger partial charge in [0.15, 0.2) is 0 Å². The molecule has 0 amide bonds. The maximum absolute atomic E-state index is 0. The molecule has 0 aliphatic carbocycles. The molecule has 0 radical (unpaired) electrons. The van der Waals surface area contributed by atoms with Crippen molar-refractivity contribution in [3.63, 3.8) is 0 Å². The van der Waals surface area contributed by atoms with Crippen molar-refractivity contribution in [2.24, 2.45) is 0 Å². The molecule has 6 heteroatoms. The number of hydrogen-bond acceptors (Lipinski definition) is 0. The molecular formula is H9ClN4Pd-4. The van der Waals surface area contributed by atoms with Gasteiger partial charge in [-0.15, -0.1) is 12.4 Å². The van der Waals surface area contributed by atoms with Crippen molar-refractivity contribution in [3.8, 4) is 0 Å². The number of nitrogens with two attached hydrogens (primary N) is 4. The molecule has 0 atom stereocenters. The first-order chi connectivity index (χ1) is 0. The Morgan fingerprint density at radius 3 is 0.500 bits per heavy atom.